The van der Waals surface area contributed by atoms with Crippen molar-refractivity contribution in [2.24, 2.45) is 0 Å². The molecule has 0 aliphatic rings. The van der Waals surface area contributed by atoms with Gasteiger partial charge in [0, 0.05) is 0 Å². The number of alkyl halides is 27. The molecule has 0 fully saturated rings. The zero-order valence-corrected chi connectivity index (χ0v) is 17.5. The predicted octanol–water partition coefficient (Wildman–Crippen LogP) is 9.75. The second kappa shape index (κ2) is 9.27. The summed E-state index contributed by atoms with van der Waals surface area (Å²) in [5.41, 5.74) is -58.1. The van der Waals surface area contributed by atoms with Gasteiger partial charge in [-0.05, 0) is 0 Å². The molecule has 0 N–H and O–H groups in total. The van der Waals surface area contributed by atoms with Crippen LogP contribution < -0.4 is 0 Å². The van der Waals surface area contributed by atoms with Crippen molar-refractivity contribution in [1.29, 1.82) is 0 Å². The van der Waals surface area contributed by atoms with Gasteiger partial charge >= 0.3 is 71.1 Å². The van der Waals surface area contributed by atoms with Gasteiger partial charge in [0.05, 0.1) is 0 Å². The monoisotopic (exact) mass is 688 g/mol. The van der Waals surface area contributed by atoms with Crippen LogP contribution in [-0.2, 0) is 0 Å². The second-order valence-corrected chi connectivity index (χ2v) is 9.28. The zero-order valence-electron chi connectivity index (χ0n) is 16.7. The Morgan fingerprint density at radius 3 is 0.375 bits per heavy atom. The smallest absolute Gasteiger partial charge is 0.216 e. The largest absolute Gasteiger partial charge is 0.438 e. The van der Waals surface area contributed by atoms with Crippen LogP contribution in [0.15, 0.2) is 0 Å². The first kappa shape index (κ1) is 38.5. The molecule has 242 valence electrons. The van der Waals surface area contributed by atoms with Crippen molar-refractivity contribution in [3.63, 3.8) is 0 Å². The lowest BCUT2D eigenvalue weighted by Crippen LogP contribution is -2.73. The Labute approximate surface area is 199 Å². The summed E-state index contributed by atoms with van der Waals surface area (Å²) >= 11 is 0. The van der Waals surface area contributed by atoms with E-state index in [-0.39, 0.29) is 0 Å². The van der Waals surface area contributed by atoms with Crippen molar-refractivity contribution < 1.29 is 119 Å². The van der Waals surface area contributed by atoms with Crippen molar-refractivity contribution in [2.45, 2.75) is 71.1 Å². The molecule has 0 amide bonds. The highest BCUT2D eigenvalue weighted by molar-refractivity contribution is 7.61. The highest BCUT2D eigenvalue weighted by Crippen LogP contribution is 2.85. The van der Waals surface area contributed by atoms with Gasteiger partial charge < -0.3 is 0 Å². The van der Waals surface area contributed by atoms with Crippen LogP contribution in [0.25, 0.3) is 0 Å². The van der Waals surface area contributed by atoms with E-state index in [1.54, 1.807) is 0 Å². The minimum Gasteiger partial charge on any atom is -0.216 e. The first-order chi connectivity index (χ1) is 16.6. The third-order valence-electron chi connectivity index (χ3n) is 4.43. The molecule has 0 bridgehead atoms. The summed E-state index contributed by atoms with van der Waals surface area (Å²) in [6.07, 6.45) is -53.7. The topological polar surface area (TPSA) is 0 Å². The maximum Gasteiger partial charge on any atom is 0.438 e. The van der Waals surface area contributed by atoms with Gasteiger partial charge in [-0.2, -0.15) is 105 Å². The molecule has 0 nitrogen and oxygen atoms in total. The Balaban J connectivity index is 8.78. The molecule has 0 saturated heterocycles. The Morgan fingerprint density at radius 2 is 0.300 bits per heavy atom. The Morgan fingerprint density at radius 1 is 0.200 bits per heavy atom. The SMILES string of the molecule is FC(F)(F)C(F)(C(F)(F)F)C(F)(F)P(C(F)(F)C(F)(C(F)(F)F)C(F)(F)F)C(F)(F)C(F)(C(F)(F)F)C(F)(F)F. The van der Waals surface area contributed by atoms with Crippen molar-refractivity contribution in [3.05, 3.63) is 0 Å². The Hall–Kier alpha value is -1.46. The number of halogens is 27. The van der Waals surface area contributed by atoms with Crippen LogP contribution in [0.2, 0.25) is 0 Å². The molecule has 28 heteroatoms. The van der Waals surface area contributed by atoms with Crippen LogP contribution in [0.1, 0.15) is 0 Å². The molecular weight excluding hydrogens is 688 g/mol. The van der Waals surface area contributed by atoms with E-state index in [4.69, 9.17) is 0 Å². The summed E-state index contributed by atoms with van der Waals surface area (Å²) in [4.78, 5) is 0. The molecule has 0 radical (unpaired) electrons. The Kier molecular flexibility index (Phi) is 8.93. The lowest BCUT2D eigenvalue weighted by atomic mass is 10.0. The highest BCUT2D eigenvalue weighted by Gasteiger charge is 3.00. The lowest BCUT2D eigenvalue weighted by molar-refractivity contribution is -0.396. The van der Waals surface area contributed by atoms with Gasteiger partial charge in [-0.3, -0.25) is 0 Å². The molecule has 0 atom stereocenters. The third kappa shape index (κ3) is 4.85. The van der Waals surface area contributed by atoms with E-state index in [0.717, 1.165) is 0 Å². The molecule has 0 aliphatic heterocycles. The van der Waals surface area contributed by atoms with E-state index in [1.807, 2.05) is 0 Å². The summed E-state index contributed by atoms with van der Waals surface area (Å²) in [6, 6.07) is 0. The van der Waals surface area contributed by atoms with Crippen molar-refractivity contribution >= 4 is 7.92 Å². The van der Waals surface area contributed by atoms with Crippen LogP contribution in [-0.4, -0.2) is 71.1 Å². The number of hydrogen-bond donors (Lipinski definition) is 0. The molecule has 0 aromatic heterocycles. The molecule has 0 saturated carbocycles. The second-order valence-electron chi connectivity index (χ2n) is 6.92. The summed E-state index contributed by atoms with van der Waals surface area (Å²) in [6.45, 7) is 0. The van der Waals surface area contributed by atoms with Crippen LogP contribution >= 0.6 is 7.92 Å². The predicted molar refractivity (Wildman–Crippen MR) is 69.6 cm³/mol. The van der Waals surface area contributed by atoms with Gasteiger partial charge in [0.15, 0.2) is 0 Å². The minimum atomic E-state index is -10.1. The highest BCUT2D eigenvalue weighted by atomic mass is 31.1. The molecular formula is C12F27P. The number of rotatable bonds is 6. The zero-order chi connectivity index (χ0) is 33.6. The average Bonchev–Trinajstić information content (AvgIpc) is 2.58. The third-order valence-corrected chi connectivity index (χ3v) is 7.04. The van der Waals surface area contributed by atoms with Gasteiger partial charge in [0.25, 0.3) is 0 Å². The van der Waals surface area contributed by atoms with Gasteiger partial charge in [0.1, 0.15) is 7.92 Å². The van der Waals surface area contributed by atoms with E-state index in [1.165, 1.54) is 0 Å². The fourth-order valence-electron chi connectivity index (χ4n) is 2.50. The summed E-state index contributed by atoms with van der Waals surface area (Å²) in [5.74, 6) is 0. The van der Waals surface area contributed by atoms with Gasteiger partial charge in [-0.1, -0.05) is 0 Å². The maximum absolute atomic E-state index is 14.2. The van der Waals surface area contributed by atoms with Gasteiger partial charge in [-0.15, -0.1) is 0 Å². The first-order valence-corrected chi connectivity index (χ1v) is 9.36. The van der Waals surface area contributed by atoms with Crippen LogP contribution in [0, 0.1) is 0 Å². The van der Waals surface area contributed by atoms with Gasteiger partial charge in [0.2, 0.25) is 0 Å². The summed E-state index contributed by atoms with van der Waals surface area (Å²) < 4.78 is 354. The minimum absolute atomic E-state index is 8.95. The normalized spacial score (nSPS) is 17.1. The quantitative estimate of drug-likeness (QED) is 0.193. The fraction of sp³-hybridized carbons (Fsp3) is 1.00. The van der Waals surface area contributed by atoms with Crippen molar-refractivity contribution in [3.8, 4) is 0 Å². The van der Waals surface area contributed by atoms with Crippen molar-refractivity contribution in [2.75, 3.05) is 0 Å². The molecule has 0 spiro atoms. The molecule has 0 unspecified atom stereocenters. The van der Waals surface area contributed by atoms with E-state index in [0.29, 0.717) is 0 Å². The Bertz CT molecular complexity index is 740. The van der Waals surface area contributed by atoms with Crippen molar-refractivity contribution in [1.82, 2.24) is 0 Å². The summed E-state index contributed by atoms with van der Waals surface area (Å²) in [5, 5.41) is 0. The lowest BCUT2D eigenvalue weighted by Gasteiger charge is -2.50. The fourth-order valence-corrected chi connectivity index (χ4v) is 5.24. The molecule has 0 rings (SSSR count). The molecule has 0 heterocycles. The standard InChI is InChI=1S/C12F27P/c13-1(4(16,17)18,5(19,20)21)10(34,35)40(11(36,37)2(14,6(22,23)24)7(25,26)27)12(38,39)3(15,8(28,29)30)9(31,32)33. The molecule has 0 aromatic rings. The molecule has 0 aliphatic carbocycles. The summed E-state index contributed by atoms with van der Waals surface area (Å²) in [7, 11) is -10.1. The van der Waals surface area contributed by atoms with Gasteiger partial charge in [-0.25, -0.2) is 13.2 Å². The average molecular weight is 688 g/mol. The van der Waals surface area contributed by atoms with E-state index >= 15 is 0 Å². The first-order valence-electron chi connectivity index (χ1n) is 8.02. The number of hydrogen-bond acceptors (Lipinski definition) is 0. The van der Waals surface area contributed by atoms with E-state index < -0.39 is 79.0 Å². The van der Waals surface area contributed by atoms with Crippen LogP contribution in [0.5, 0.6) is 0 Å². The molecule has 0 aromatic carbocycles. The van der Waals surface area contributed by atoms with Crippen LogP contribution in [0.3, 0.4) is 0 Å². The van der Waals surface area contributed by atoms with Crippen LogP contribution in [0.4, 0.5) is 119 Å². The van der Waals surface area contributed by atoms with E-state index in [2.05, 4.69) is 0 Å². The molecule has 40 heavy (non-hydrogen) atoms. The maximum atomic E-state index is 14.2. The van der Waals surface area contributed by atoms with E-state index in [9.17, 15) is 119 Å².